The van der Waals surface area contributed by atoms with Gasteiger partial charge in [-0.05, 0) is 42.2 Å². The van der Waals surface area contributed by atoms with Crippen molar-refractivity contribution in [2.45, 2.75) is 33.6 Å². The summed E-state index contributed by atoms with van der Waals surface area (Å²) in [4.78, 5) is 32.0. The number of Topliss-reactive ketones (excluding diaryl/α,β-unsaturated/α-hetero) is 1. The minimum absolute atomic E-state index is 0.0763. The van der Waals surface area contributed by atoms with Crippen LogP contribution in [0.5, 0.6) is 0 Å². The number of aromatic nitrogens is 2. The standard InChI is InChI=1S/C23H24N4O2/c1-14(28)25-16-5-4-6-17(11-16)26-22-20-18(12-23(2,3)13-19(20)29)27-21(22)15-7-9-24-10-8-15/h4-11,26-27H,12-13H2,1-3H3,(H,25,28). The van der Waals surface area contributed by atoms with Crippen LogP contribution in [0.4, 0.5) is 17.1 Å². The Balaban J connectivity index is 1.81. The topological polar surface area (TPSA) is 86.9 Å². The summed E-state index contributed by atoms with van der Waals surface area (Å²) in [5, 5.41) is 6.22. The van der Waals surface area contributed by atoms with Gasteiger partial charge in [-0.1, -0.05) is 19.9 Å². The van der Waals surface area contributed by atoms with Crippen molar-refractivity contribution in [1.82, 2.24) is 9.97 Å². The molecule has 29 heavy (non-hydrogen) atoms. The number of hydrogen-bond donors (Lipinski definition) is 3. The van der Waals surface area contributed by atoms with Crippen LogP contribution in [0, 0.1) is 5.41 Å². The number of carbonyl (C=O) groups excluding carboxylic acids is 2. The first-order valence-electron chi connectivity index (χ1n) is 9.65. The molecule has 0 spiro atoms. The van der Waals surface area contributed by atoms with E-state index >= 15 is 0 Å². The van der Waals surface area contributed by atoms with Gasteiger partial charge in [-0.3, -0.25) is 14.6 Å². The van der Waals surface area contributed by atoms with Gasteiger partial charge in [-0.25, -0.2) is 0 Å². The molecule has 6 nitrogen and oxygen atoms in total. The maximum Gasteiger partial charge on any atom is 0.221 e. The lowest BCUT2D eigenvalue weighted by Crippen LogP contribution is -2.26. The van der Waals surface area contributed by atoms with E-state index in [-0.39, 0.29) is 17.1 Å². The summed E-state index contributed by atoms with van der Waals surface area (Å²) in [5.74, 6) is 0.00405. The number of rotatable bonds is 4. The second kappa shape index (κ2) is 7.20. The molecule has 2 heterocycles. The minimum atomic E-state index is -0.129. The molecule has 1 amide bonds. The lowest BCUT2D eigenvalue weighted by Gasteiger charge is -2.28. The molecule has 3 N–H and O–H groups in total. The molecule has 148 valence electrons. The first-order valence-corrected chi connectivity index (χ1v) is 9.65. The number of hydrogen-bond acceptors (Lipinski definition) is 4. The van der Waals surface area contributed by atoms with Gasteiger partial charge in [0.1, 0.15) is 0 Å². The number of amides is 1. The Hall–Kier alpha value is -3.41. The van der Waals surface area contributed by atoms with Crippen LogP contribution in [0.2, 0.25) is 0 Å². The summed E-state index contributed by atoms with van der Waals surface area (Å²) >= 11 is 0. The summed E-state index contributed by atoms with van der Waals surface area (Å²) < 4.78 is 0. The second-order valence-electron chi connectivity index (χ2n) is 8.29. The van der Waals surface area contributed by atoms with Crippen molar-refractivity contribution >= 4 is 28.8 Å². The molecule has 1 aliphatic rings. The molecule has 6 heteroatoms. The van der Waals surface area contributed by atoms with Crippen LogP contribution in [0.25, 0.3) is 11.3 Å². The van der Waals surface area contributed by atoms with Gasteiger partial charge in [0.2, 0.25) is 5.91 Å². The van der Waals surface area contributed by atoms with E-state index < -0.39 is 0 Å². The number of carbonyl (C=O) groups is 2. The Morgan fingerprint density at radius 3 is 2.55 bits per heavy atom. The average Bonchev–Trinajstić information content (AvgIpc) is 2.99. The second-order valence-corrected chi connectivity index (χ2v) is 8.29. The molecule has 0 atom stereocenters. The highest BCUT2D eigenvalue weighted by molar-refractivity contribution is 6.07. The highest BCUT2D eigenvalue weighted by Crippen LogP contribution is 2.43. The number of aromatic amines is 1. The van der Waals surface area contributed by atoms with Crippen molar-refractivity contribution in [3.05, 3.63) is 60.0 Å². The summed E-state index contributed by atoms with van der Waals surface area (Å²) in [7, 11) is 0. The fraction of sp³-hybridized carbons (Fsp3) is 0.261. The van der Waals surface area contributed by atoms with Crippen LogP contribution < -0.4 is 10.6 Å². The molecule has 1 aromatic carbocycles. The Morgan fingerprint density at radius 1 is 1.10 bits per heavy atom. The third-order valence-electron chi connectivity index (χ3n) is 5.07. The van der Waals surface area contributed by atoms with Gasteiger partial charge in [0.15, 0.2) is 5.78 Å². The molecule has 0 saturated heterocycles. The SMILES string of the molecule is CC(=O)Nc1cccc(Nc2c(-c3ccncc3)[nH]c3c2C(=O)CC(C)(C)C3)c1. The average molecular weight is 388 g/mol. The molecule has 1 aliphatic carbocycles. The van der Waals surface area contributed by atoms with Crippen LogP contribution in [-0.2, 0) is 11.2 Å². The van der Waals surface area contributed by atoms with Gasteiger partial charge in [-0.2, -0.15) is 0 Å². The number of ketones is 1. The molecule has 0 aliphatic heterocycles. The summed E-state index contributed by atoms with van der Waals surface area (Å²) in [6, 6.07) is 11.3. The van der Waals surface area contributed by atoms with E-state index in [0.29, 0.717) is 12.1 Å². The maximum atomic E-state index is 13.0. The third kappa shape index (κ3) is 3.92. The van der Waals surface area contributed by atoms with Gasteiger partial charge < -0.3 is 15.6 Å². The Kier molecular flexibility index (Phi) is 4.70. The highest BCUT2D eigenvalue weighted by atomic mass is 16.1. The third-order valence-corrected chi connectivity index (χ3v) is 5.07. The number of pyridine rings is 1. The maximum absolute atomic E-state index is 13.0. The van der Waals surface area contributed by atoms with E-state index in [1.165, 1.54) is 6.92 Å². The monoisotopic (exact) mass is 388 g/mol. The number of fused-ring (bicyclic) bond motifs is 1. The van der Waals surface area contributed by atoms with E-state index in [1.54, 1.807) is 12.4 Å². The summed E-state index contributed by atoms with van der Waals surface area (Å²) in [5.41, 5.74) is 5.70. The number of nitrogens with zero attached hydrogens (tertiary/aromatic N) is 1. The molecule has 2 aromatic heterocycles. The molecule has 0 bridgehead atoms. The summed E-state index contributed by atoms with van der Waals surface area (Å²) in [6.45, 7) is 5.71. The number of anilines is 3. The molecule has 0 fully saturated rings. The van der Waals surface area contributed by atoms with Crippen LogP contribution in [0.3, 0.4) is 0 Å². The Morgan fingerprint density at radius 2 is 1.83 bits per heavy atom. The van der Waals surface area contributed by atoms with Gasteiger partial charge in [0.05, 0.1) is 16.9 Å². The van der Waals surface area contributed by atoms with Crippen molar-refractivity contribution in [3.63, 3.8) is 0 Å². The zero-order chi connectivity index (χ0) is 20.6. The predicted molar refractivity (Wildman–Crippen MR) is 114 cm³/mol. The van der Waals surface area contributed by atoms with E-state index in [9.17, 15) is 9.59 Å². The van der Waals surface area contributed by atoms with Gasteiger partial charge >= 0.3 is 0 Å². The van der Waals surface area contributed by atoms with E-state index in [2.05, 4.69) is 34.4 Å². The molecule has 3 aromatic rings. The van der Waals surface area contributed by atoms with Crippen LogP contribution >= 0.6 is 0 Å². The lowest BCUT2D eigenvalue weighted by atomic mass is 9.76. The van der Waals surface area contributed by atoms with Crippen LogP contribution in [0.15, 0.2) is 48.8 Å². The fourth-order valence-electron chi connectivity index (χ4n) is 3.94. The quantitative estimate of drug-likeness (QED) is 0.591. The van der Waals surface area contributed by atoms with E-state index in [1.807, 2.05) is 36.4 Å². The van der Waals surface area contributed by atoms with Crippen molar-refractivity contribution < 1.29 is 9.59 Å². The lowest BCUT2D eigenvalue weighted by molar-refractivity contribution is -0.114. The predicted octanol–water partition coefficient (Wildman–Crippen LogP) is 4.93. The molecule has 0 saturated carbocycles. The van der Waals surface area contributed by atoms with Crippen molar-refractivity contribution in [1.29, 1.82) is 0 Å². The Bertz CT molecular complexity index is 1080. The largest absolute Gasteiger partial charge is 0.356 e. The zero-order valence-corrected chi connectivity index (χ0v) is 16.8. The van der Waals surface area contributed by atoms with E-state index in [4.69, 9.17) is 0 Å². The molecule has 0 unspecified atom stereocenters. The normalized spacial score (nSPS) is 14.9. The summed E-state index contributed by atoms with van der Waals surface area (Å²) in [6.07, 6.45) is 4.79. The first-order chi connectivity index (χ1) is 13.8. The van der Waals surface area contributed by atoms with Gasteiger partial charge in [0.25, 0.3) is 0 Å². The van der Waals surface area contributed by atoms with Crippen LogP contribution in [0.1, 0.15) is 43.2 Å². The van der Waals surface area contributed by atoms with Crippen molar-refractivity contribution in [2.75, 3.05) is 10.6 Å². The molecular formula is C23H24N4O2. The number of H-pyrrole nitrogens is 1. The highest BCUT2D eigenvalue weighted by Gasteiger charge is 2.35. The smallest absolute Gasteiger partial charge is 0.221 e. The minimum Gasteiger partial charge on any atom is -0.356 e. The van der Waals surface area contributed by atoms with Gasteiger partial charge in [-0.15, -0.1) is 0 Å². The van der Waals surface area contributed by atoms with Crippen molar-refractivity contribution in [3.8, 4) is 11.3 Å². The molecule has 0 radical (unpaired) electrons. The zero-order valence-electron chi connectivity index (χ0n) is 16.8. The molecular weight excluding hydrogens is 364 g/mol. The molecule has 4 rings (SSSR count). The van der Waals surface area contributed by atoms with Crippen molar-refractivity contribution in [2.24, 2.45) is 5.41 Å². The van der Waals surface area contributed by atoms with E-state index in [0.717, 1.165) is 40.3 Å². The number of benzene rings is 1. The first kappa shape index (κ1) is 18.9. The number of nitrogens with one attached hydrogen (secondary N) is 3. The Labute approximate surface area is 169 Å². The van der Waals surface area contributed by atoms with Gasteiger partial charge in [0, 0.05) is 48.4 Å². The van der Waals surface area contributed by atoms with Crippen LogP contribution in [-0.4, -0.2) is 21.7 Å². The fourth-order valence-corrected chi connectivity index (χ4v) is 3.94.